The number of carbonyl (C=O) groups is 2. The van der Waals surface area contributed by atoms with E-state index in [4.69, 9.17) is 23.2 Å². The van der Waals surface area contributed by atoms with Gasteiger partial charge in [-0.25, -0.2) is 0 Å². The molecule has 0 saturated carbocycles. The highest BCUT2D eigenvalue weighted by Gasteiger charge is 2.29. The van der Waals surface area contributed by atoms with E-state index in [0.29, 0.717) is 23.0 Å². The van der Waals surface area contributed by atoms with Crippen molar-refractivity contribution in [2.45, 2.75) is 59.0 Å². The van der Waals surface area contributed by atoms with Crippen LogP contribution in [0.15, 0.2) is 42.5 Å². The predicted molar refractivity (Wildman–Crippen MR) is 124 cm³/mol. The highest BCUT2D eigenvalue weighted by Crippen LogP contribution is 2.24. The van der Waals surface area contributed by atoms with Crippen molar-refractivity contribution in [2.24, 2.45) is 0 Å². The van der Waals surface area contributed by atoms with E-state index in [9.17, 15) is 9.59 Å². The van der Waals surface area contributed by atoms with Crippen LogP contribution in [-0.4, -0.2) is 29.3 Å². The van der Waals surface area contributed by atoms with Crippen molar-refractivity contribution in [2.75, 3.05) is 6.54 Å². The molecular formula is C24H30Cl2N2O2. The van der Waals surface area contributed by atoms with Crippen LogP contribution in [0.2, 0.25) is 10.0 Å². The Morgan fingerprint density at radius 1 is 1.07 bits per heavy atom. The van der Waals surface area contributed by atoms with Gasteiger partial charge < -0.3 is 10.2 Å². The topological polar surface area (TPSA) is 49.4 Å². The van der Waals surface area contributed by atoms with Gasteiger partial charge in [-0.1, -0.05) is 73.8 Å². The third-order valence-corrected chi connectivity index (χ3v) is 5.76. The van der Waals surface area contributed by atoms with Crippen molar-refractivity contribution in [1.29, 1.82) is 0 Å². The number of hydrogen-bond donors (Lipinski definition) is 1. The molecule has 0 radical (unpaired) electrons. The summed E-state index contributed by atoms with van der Waals surface area (Å²) in [6.45, 7) is 6.83. The fourth-order valence-electron chi connectivity index (χ4n) is 3.33. The molecule has 0 heterocycles. The first-order valence-electron chi connectivity index (χ1n) is 10.4. The summed E-state index contributed by atoms with van der Waals surface area (Å²) < 4.78 is 0. The molecule has 2 aromatic rings. The number of carbonyl (C=O) groups excluding carboxylic acids is 2. The molecule has 1 atom stereocenters. The second kappa shape index (κ2) is 12.0. The molecule has 30 heavy (non-hydrogen) atoms. The molecule has 4 nitrogen and oxygen atoms in total. The lowest BCUT2D eigenvalue weighted by Crippen LogP contribution is -2.49. The Labute approximate surface area is 189 Å². The van der Waals surface area contributed by atoms with E-state index >= 15 is 0 Å². The van der Waals surface area contributed by atoms with Gasteiger partial charge in [-0.15, -0.1) is 0 Å². The van der Waals surface area contributed by atoms with Crippen molar-refractivity contribution < 1.29 is 9.59 Å². The molecule has 0 saturated heterocycles. The molecule has 0 aliphatic rings. The first kappa shape index (κ1) is 24.2. The Kier molecular flexibility index (Phi) is 9.67. The van der Waals surface area contributed by atoms with Crippen LogP contribution >= 0.6 is 23.2 Å². The van der Waals surface area contributed by atoms with E-state index in [1.54, 1.807) is 23.1 Å². The van der Waals surface area contributed by atoms with E-state index in [1.807, 2.05) is 38.1 Å². The Bertz CT molecular complexity index is 870. The maximum Gasteiger partial charge on any atom is 0.242 e. The average molecular weight is 449 g/mol. The average Bonchev–Trinajstić information content (AvgIpc) is 2.71. The van der Waals surface area contributed by atoms with Crippen molar-refractivity contribution in [3.63, 3.8) is 0 Å². The molecule has 0 unspecified atom stereocenters. The second-order valence-corrected chi connectivity index (χ2v) is 8.27. The van der Waals surface area contributed by atoms with E-state index in [0.717, 1.165) is 29.5 Å². The zero-order valence-corrected chi connectivity index (χ0v) is 19.4. The molecule has 2 rings (SSSR count). The lowest BCUT2D eigenvalue weighted by atomic mass is 10.0. The SMILES string of the molecule is CCCCNC(=O)[C@@H](CC)N(Cc1ccc(Cl)cc1Cl)C(=O)Cc1ccccc1C. The maximum absolute atomic E-state index is 13.4. The Morgan fingerprint density at radius 2 is 1.80 bits per heavy atom. The molecular weight excluding hydrogens is 419 g/mol. The van der Waals surface area contributed by atoms with Gasteiger partial charge in [-0.05, 0) is 48.6 Å². The molecule has 0 aliphatic heterocycles. The molecule has 0 bridgehead atoms. The molecule has 2 aromatic carbocycles. The molecule has 2 amide bonds. The van der Waals surface area contributed by atoms with E-state index in [2.05, 4.69) is 12.2 Å². The number of rotatable bonds is 10. The normalized spacial score (nSPS) is 11.8. The molecule has 0 fully saturated rings. The first-order chi connectivity index (χ1) is 14.4. The summed E-state index contributed by atoms with van der Waals surface area (Å²) in [6.07, 6.45) is 2.65. The minimum Gasteiger partial charge on any atom is -0.354 e. The van der Waals surface area contributed by atoms with E-state index in [1.165, 1.54) is 0 Å². The Balaban J connectivity index is 2.30. The summed E-state index contributed by atoms with van der Waals surface area (Å²) in [5.41, 5.74) is 2.77. The van der Waals surface area contributed by atoms with Crippen LogP contribution in [0, 0.1) is 6.92 Å². The van der Waals surface area contributed by atoms with Crippen LogP contribution in [-0.2, 0) is 22.6 Å². The maximum atomic E-state index is 13.4. The monoisotopic (exact) mass is 448 g/mol. The summed E-state index contributed by atoms with van der Waals surface area (Å²) in [5.74, 6) is -0.234. The molecule has 1 N–H and O–H groups in total. The lowest BCUT2D eigenvalue weighted by Gasteiger charge is -2.31. The first-order valence-corrected chi connectivity index (χ1v) is 11.2. The third kappa shape index (κ3) is 6.75. The smallest absolute Gasteiger partial charge is 0.242 e. The van der Waals surface area contributed by atoms with Gasteiger partial charge in [0.15, 0.2) is 0 Å². The molecule has 0 aromatic heterocycles. The number of aryl methyl sites for hydroxylation is 1. The third-order valence-electron chi connectivity index (χ3n) is 5.17. The van der Waals surface area contributed by atoms with Crippen LogP contribution < -0.4 is 5.32 Å². The van der Waals surface area contributed by atoms with Crippen LogP contribution in [0.3, 0.4) is 0 Å². The number of nitrogens with zero attached hydrogens (tertiary/aromatic N) is 1. The Hall–Kier alpha value is -2.04. The van der Waals surface area contributed by atoms with Crippen molar-refractivity contribution >= 4 is 35.0 Å². The van der Waals surface area contributed by atoms with E-state index < -0.39 is 6.04 Å². The number of amides is 2. The number of nitrogens with one attached hydrogen (secondary N) is 1. The van der Waals surface area contributed by atoms with Gasteiger partial charge in [-0.2, -0.15) is 0 Å². The Morgan fingerprint density at radius 3 is 2.43 bits per heavy atom. The van der Waals surface area contributed by atoms with Gasteiger partial charge in [0.05, 0.1) is 6.42 Å². The minimum absolute atomic E-state index is 0.104. The number of unbranched alkanes of at least 4 members (excludes halogenated alkanes) is 1. The molecule has 0 aliphatic carbocycles. The van der Waals surface area contributed by atoms with Gasteiger partial charge in [-0.3, -0.25) is 9.59 Å². The predicted octanol–water partition coefficient (Wildman–Crippen LogP) is 5.57. The van der Waals surface area contributed by atoms with Crippen molar-refractivity contribution in [3.05, 3.63) is 69.2 Å². The largest absolute Gasteiger partial charge is 0.354 e. The zero-order valence-electron chi connectivity index (χ0n) is 17.9. The number of hydrogen-bond acceptors (Lipinski definition) is 2. The molecule has 6 heteroatoms. The lowest BCUT2D eigenvalue weighted by molar-refractivity contribution is -0.140. The molecule has 162 valence electrons. The molecule has 0 spiro atoms. The summed E-state index contributed by atoms with van der Waals surface area (Å²) in [4.78, 5) is 27.9. The fraction of sp³-hybridized carbons (Fsp3) is 0.417. The second-order valence-electron chi connectivity index (χ2n) is 7.43. The number of halogens is 2. The summed E-state index contributed by atoms with van der Waals surface area (Å²) in [5, 5.41) is 3.98. The minimum atomic E-state index is -0.565. The zero-order chi connectivity index (χ0) is 22.1. The van der Waals surface area contributed by atoms with Crippen LogP contribution in [0.25, 0.3) is 0 Å². The standard InChI is InChI=1S/C24H30Cl2N2O2/c1-4-6-13-27-24(30)22(5-2)28(16-19-11-12-20(25)15-21(19)26)23(29)14-18-10-8-7-9-17(18)3/h7-12,15,22H,4-6,13-14,16H2,1-3H3,(H,27,30)/t22-/m1/s1. The fourth-order valence-corrected chi connectivity index (χ4v) is 3.80. The van der Waals surface area contributed by atoms with Crippen LogP contribution in [0.4, 0.5) is 0 Å². The van der Waals surface area contributed by atoms with Gasteiger partial charge >= 0.3 is 0 Å². The van der Waals surface area contributed by atoms with Gasteiger partial charge in [0.2, 0.25) is 11.8 Å². The summed E-state index contributed by atoms with van der Waals surface area (Å²) in [7, 11) is 0. The van der Waals surface area contributed by atoms with Gasteiger partial charge in [0.1, 0.15) is 6.04 Å². The van der Waals surface area contributed by atoms with Gasteiger partial charge in [0.25, 0.3) is 0 Å². The number of benzene rings is 2. The highest BCUT2D eigenvalue weighted by atomic mass is 35.5. The van der Waals surface area contributed by atoms with E-state index in [-0.39, 0.29) is 24.8 Å². The highest BCUT2D eigenvalue weighted by molar-refractivity contribution is 6.35. The summed E-state index contributed by atoms with van der Waals surface area (Å²) in [6, 6.07) is 12.4. The van der Waals surface area contributed by atoms with Crippen LogP contribution in [0.5, 0.6) is 0 Å². The van der Waals surface area contributed by atoms with Crippen LogP contribution in [0.1, 0.15) is 49.8 Å². The summed E-state index contributed by atoms with van der Waals surface area (Å²) >= 11 is 12.4. The quantitative estimate of drug-likeness (QED) is 0.483. The van der Waals surface area contributed by atoms with Crippen molar-refractivity contribution in [3.8, 4) is 0 Å². The van der Waals surface area contributed by atoms with Crippen molar-refractivity contribution in [1.82, 2.24) is 10.2 Å². The van der Waals surface area contributed by atoms with Gasteiger partial charge in [0, 0.05) is 23.1 Å².